The Balaban J connectivity index is 1.45. The molecule has 1 N–H and O–H groups in total. The zero-order valence-corrected chi connectivity index (χ0v) is 21.5. The monoisotopic (exact) mass is 521 g/mol. The number of nitrogens with one attached hydrogen (secondary N) is 1. The quantitative estimate of drug-likeness (QED) is 0.304. The zero-order chi connectivity index (χ0) is 25.7. The maximum Gasteiger partial charge on any atom is 0.269 e. The first-order valence-electron chi connectivity index (χ1n) is 11.2. The lowest BCUT2D eigenvalue weighted by molar-refractivity contribution is 0.210. The number of H-pyrrole nitrogens is 1. The van der Waals surface area contributed by atoms with Crippen molar-refractivity contribution in [2.24, 2.45) is 4.99 Å². The molecule has 36 heavy (non-hydrogen) atoms. The Labute approximate surface area is 219 Å². The third kappa shape index (κ3) is 5.93. The Kier molecular flexibility index (Phi) is 8.03. The SMILES string of the molecule is C=C(/C=C\C=C1/CN=C(C)C=C1c1n[nH]cc1Cl)OCc1c(C)ccnc1Cn1cccc(Cl)c1=O. The number of aromatic nitrogens is 4. The van der Waals surface area contributed by atoms with Crippen molar-refractivity contribution in [2.75, 3.05) is 6.54 Å². The summed E-state index contributed by atoms with van der Waals surface area (Å²) in [5, 5.41) is 7.79. The van der Waals surface area contributed by atoms with Gasteiger partial charge >= 0.3 is 0 Å². The average molecular weight is 522 g/mol. The van der Waals surface area contributed by atoms with E-state index in [0.29, 0.717) is 29.6 Å². The molecule has 1 aliphatic heterocycles. The van der Waals surface area contributed by atoms with Gasteiger partial charge in [-0.15, -0.1) is 0 Å². The predicted molar refractivity (Wildman–Crippen MR) is 144 cm³/mol. The van der Waals surface area contributed by atoms with Gasteiger partial charge in [0.1, 0.15) is 23.1 Å². The molecule has 0 bridgehead atoms. The Hall–Kier alpha value is -3.68. The van der Waals surface area contributed by atoms with Crippen LogP contribution in [-0.4, -0.2) is 32.0 Å². The first-order chi connectivity index (χ1) is 17.3. The van der Waals surface area contributed by atoms with Crippen molar-refractivity contribution < 1.29 is 4.74 Å². The number of pyridine rings is 2. The minimum atomic E-state index is -0.262. The largest absolute Gasteiger partial charge is 0.489 e. The highest BCUT2D eigenvalue weighted by molar-refractivity contribution is 6.32. The van der Waals surface area contributed by atoms with E-state index in [0.717, 1.165) is 33.7 Å². The van der Waals surface area contributed by atoms with E-state index < -0.39 is 0 Å². The highest BCUT2D eigenvalue weighted by Gasteiger charge is 2.17. The molecule has 3 aromatic rings. The van der Waals surface area contributed by atoms with Crippen LogP contribution in [0, 0.1) is 6.92 Å². The van der Waals surface area contributed by atoms with Crippen molar-refractivity contribution in [2.45, 2.75) is 27.0 Å². The fourth-order valence-corrected chi connectivity index (χ4v) is 4.10. The van der Waals surface area contributed by atoms with Crippen LogP contribution in [0.3, 0.4) is 0 Å². The van der Waals surface area contributed by atoms with Crippen LogP contribution in [0.2, 0.25) is 10.0 Å². The molecule has 4 rings (SSSR count). The molecule has 1 aliphatic rings. The molecule has 0 fully saturated rings. The number of rotatable bonds is 8. The molecule has 184 valence electrons. The van der Waals surface area contributed by atoms with Gasteiger partial charge in [-0.1, -0.05) is 41.9 Å². The first kappa shape index (κ1) is 25.4. The summed E-state index contributed by atoms with van der Waals surface area (Å²) in [5.74, 6) is 0.486. The van der Waals surface area contributed by atoms with Crippen molar-refractivity contribution in [3.05, 3.63) is 122 Å². The molecule has 0 amide bonds. The Morgan fingerprint density at radius 3 is 2.89 bits per heavy atom. The van der Waals surface area contributed by atoms with Crippen LogP contribution < -0.4 is 5.56 Å². The van der Waals surface area contributed by atoms with E-state index in [1.807, 2.05) is 38.1 Å². The predicted octanol–water partition coefficient (Wildman–Crippen LogP) is 5.70. The third-order valence-corrected chi connectivity index (χ3v) is 6.28. The molecule has 0 aromatic carbocycles. The number of aryl methyl sites for hydroxylation is 1. The van der Waals surface area contributed by atoms with E-state index in [9.17, 15) is 4.79 Å². The molecule has 0 saturated carbocycles. The molecule has 3 aromatic heterocycles. The van der Waals surface area contributed by atoms with Gasteiger partial charge in [-0.25, -0.2) is 0 Å². The highest BCUT2D eigenvalue weighted by Crippen LogP contribution is 2.30. The van der Waals surface area contributed by atoms with Gasteiger partial charge in [0.25, 0.3) is 5.56 Å². The van der Waals surface area contributed by atoms with Crippen LogP contribution in [0.1, 0.15) is 29.4 Å². The standard InChI is InChI=1S/C27H25Cl2N5O2/c1-17-9-10-30-25(15-34-11-5-8-23(28)27(34)35)22(17)16-36-19(3)6-4-7-20-13-31-18(2)12-21(20)26-24(29)14-32-33-26/h4-12,14H,3,13,15-16H2,1-2H3,(H,32,33)/b6-4-,20-7+. The minimum Gasteiger partial charge on any atom is -0.489 e. The zero-order valence-electron chi connectivity index (χ0n) is 20.0. The topological polar surface area (TPSA) is 85.2 Å². The summed E-state index contributed by atoms with van der Waals surface area (Å²) in [6.07, 6.45) is 12.6. The Bertz CT molecular complexity index is 1480. The van der Waals surface area contributed by atoms with Gasteiger partial charge in [-0.05, 0) is 55.3 Å². The summed E-state index contributed by atoms with van der Waals surface area (Å²) in [7, 11) is 0. The second kappa shape index (κ2) is 11.4. The van der Waals surface area contributed by atoms with Gasteiger partial charge in [0.2, 0.25) is 0 Å². The number of aromatic amines is 1. The lowest BCUT2D eigenvalue weighted by Crippen LogP contribution is -2.21. The van der Waals surface area contributed by atoms with Gasteiger partial charge < -0.3 is 9.30 Å². The maximum absolute atomic E-state index is 12.3. The van der Waals surface area contributed by atoms with Crippen molar-refractivity contribution in [1.29, 1.82) is 0 Å². The first-order valence-corrected chi connectivity index (χ1v) is 12.0. The normalized spacial score (nSPS) is 14.7. The number of hydrogen-bond acceptors (Lipinski definition) is 5. The molecular formula is C27H25Cl2N5O2. The molecule has 0 unspecified atom stereocenters. The molecule has 7 nitrogen and oxygen atoms in total. The summed E-state index contributed by atoms with van der Waals surface area (Å²) in [5.41, 5.74) is 5.90. The summed E-state index contributed by atoms with van der Waals surface area (Å²) in [6.45, 7) is 9.01. The summed E-state index contributed by atoms with van der Waals surface area (Å²) in [6, 6.07) is 5.21. The molecule has 9 heteroatoms. The van der Waals surface area contributed by atoms with Crippen molar-refractivity contribution in [1.82, 2.24) is 19.7 Å². The molecular weight excluding hydrogens is 497 g/mol. The van der Waals surface area contributed by atoms with Gasteiger partial charge in [-0.2, -0.15) is 5.10 Å². The Morgan fingerprint density at radius 2 is 2.11 bits per heavy atom. The smallest absolute Gasteiger partial charge is 0.269 e. The number of allylic oxidation sites excluding steroid dienone is 4. The Morgan fingerprint density at radius 1 is 1.28 bits per heavy atom. The van der Waals surface area contributed by atoms with Crippen molar-refractivity contribution >= 4 is 34.5 Å². The molecule has 0 radical (unpaired) electrons. The molecule has 0 saturated heterocycles. The van der Waals surface area contributed by atoms with Gasteiger partial charge in [0.05, 0.1) is 23.8 Å². The van der Waals surface area contributed by atoms with Crippen LogP contribution >= 0.6 is 23.2 Å². The van der Waals surface area contributed by atoms with Crippen LogP contribution in [0.25, 0.3) is 5.57 Å². The highest BCUT2D eigenvalue weighted by atomic mass is 35.5. The molecule has 4 heterocycles. The second-order valence-corrected chi connectivity index (χ2v) is 9.06. The number of halogens is 2. The van der Waals surface area contributed by atoms with E-state index in [1.54, 1.807) is 36.8 Å². The number of aliphatic imine (C=N–C) groups is 1. The van der Waals surface area contributed by atoms with Crippen LogP contribution in [-0.2, 0) is 17.9 Å². The fourth-order valence-electron chi connectivity index (χ4n) is 3.73. The van der Waals surface area contributed by atoms with E-state index in [4.69, 9.17) is 27.9 Å². The van der Waals surface area contributed by atoms with Crippen molar-refractivity contribution in [3.8, 4) is 0 Å². The van der Waals surface area contributed by atoms with Crippen LogP contribution in [0.4, 0.5) is 0 Å². The molecule has 0 spiro atoms. The van der Waals surface area contributed by atoms with E-state index in [1.165, 1.54) is 4.57 Å². The van der Waals surface area contributed by atoms with E-state index in [2.05, 4.69) is 26.8 Å². The lowest BCUT2D eigenvalue weighted by atomic mass is 9.98. The lowest BCUT2D eigenvalue weighted by Gasteiger charge is -2.14. The average Bonchev–Trinajstić information content (AvgIpc) is 3.28. The van der Waals surface area contributed by atoms with E-state index >= 15 is 0 Å². The number of dihydropyridines is 1. The van der Waals surface area contributed by atoms with Gasteiger partial charge in [0.15, 0.2) is 0 Å². The second-order valence-electron chi connectivity index (χ2n) is 8.25. The van der Waals surface area contributed by atoms with E-state index in [-0.39, 0.29) is 17.2 Å². The molecule has 0 atom stereocenters. The number of hydrogen-bond donors (Lipinski definition) is 1. The van der Waals surface area contributed by atoms with Gasteiger partial charge in [-0.3, -0.25) is 19.9 Å². The van der Waals surface area contributed by atoms with Crippen LogP contribution in [0.5, 0.6) is 0 Å². The molecule has 0 aliphatic carbocycles. The summed E-state index contributed by atoms with van der Waals surface area (Å²) < 4.78 is 7.45. The fraction of sp³-hybridized carbons (Fsp3) is 0.185. The van der Waals surface area contributed by atoms with Gasteiger partial charge in [0, 0.05) is 35.4 Å². The van der Waals surface area contributed by atoms with Crippen LogP contribution in [0.15, 0.2) is 88.8 Å². The number of ether oxygens (including phenoxy) is 1. The van der Waals surface area contributed by atoms with Crippen molar-refractivity contribution in [3.63, 3.8) is 0 Å². The summed E-state index contributed by atoms with van der Waals surface area (Å²) >= 11 is 12.3. The third-order valence-electron chi connectivity index (χ3n) is 5.70. The summed E-state index contributed by atoms with van der Waals surface area (Å²) in [4.78, 5) is 21.3. The minimum absolute atomic E-state index is 0.168. The maximum atomic E-state index is 12.3. The number of nitrogens with zero attached hydrogens (tertiary/aromatic N) is 4.